The van der Waals surface area contributed by atoms with Crippen molar-refractivity contribution in [3.8, 4) is 46.3 Å². The first kappa shape index (κ1) is 32.5. The average Bonchev–Trinajstić information content (AvgIpc) is 3.48. The van der Waals surface area contributed by atoms with Gasteiger partial charge in [0.15, 0.2) is 23.0 Å². The van der Waals surface area contributed by atoms with Crippen molar-refractivity contribution in [3.63, 3.8) is 0 Å². The van der Waals surface area contributed by atoms with Gasteiger partial charge in [-0.1, -0.05) is 18.2 Å². The standard InChI is InChI=1S/C33H31F2N5O7/c1-4-44-26(42)15-18-8-11-23(25(14-18)43-3)46-29-27(34)32(45-21-7-5-6-20(16-21)31-38-12-13-40(31)2)39-33(28(29)35)47-24-17-19(30(36)37)9-10-22(24)41/h5-11,14,16-17,41H,4,12-13,15H2,1-3H3,(H3,36,37). The maximum Gasteiger partial charge on any atom is 0.310 e. The van der Waals surface area contributed by atoms with Crippen molar-refractivity contribution >= 4 is 17.6 Å². The van der Waals surface area contributed by atoms with Crippen LogP contribution in [0.3, 0.4) is 0 Å². The fourth-order valence-corrected chi connectivity index (χ4v) is 4.62. The van der Waals surface area contributed by atoms with Crippen LogP contribution < -0.4 is 24.7 Å². The zero-order valence-corrected chi connectivity index (χ0v) is 25.7. The highest BCUT2D eigenvalue weighted by atomic mass is 19.1. The molecule has 0 atom stereocenters. The molecule has 0 bridgehead atoms. The number of nitrogen functional groups attached to an aromatic ring is 1. The van der Waals surface area contributed by atoms with Crippen LogP contribution in [-0.4, -0.2) is 66.5 Å². The number of nitrogens with zero attached hydrogens (tertiary/aromatic N) is 3. The van der Waals surface area contributed by atoms with E-state index in [4.69, 9.17) is 34.8 Å². The normalized spacial score (nSPS) is 12.4. The lowest BCUT2D eigenvalue weighted by molar-refractivity contribution is -0.142. The predicted octanol–water partition coefficient (Wildman–Crippen LogP) is 5.53. The molecule has 0 radical (unpaired) electrons. The van der Waals surface area contributed by atoms with Crippen LogP contribution >= 0.6 is 0 Å². The molecule has 0 saturated carbocycles. The van der Waals surface area contributed by atoms with E-state index < -0.39 is 40.9 Å². The van der Waals surface area contributed by atoms with Gasteiger partial charge in [0, 0.05) is 24.7 Å². The Morgan fingerprint density at radius 2 is 1.77 bits per heavy atom. The molecule has 3 aromatic carbocycles. The Balaban J connectivity index is 1.56. The third-order valence-electron chi connectivity index (χ3n) is 6.91. The van der Waals surface area contributed by atoms with Crippen LogP contribution in [0.5, 0.6) is 46.3 Å². The Kier molecular flexibility index (Phi) is 9.69. The van der Waals surface area contributed by atoms with E-state index in [1.54, 1.807) is 25.1 Å². The molecule has 1 aliphatic heterocycles. The highest BCUT2D eigenvalue weighted by molar-refractivity contribution is 6.00. The molecule has 0 amide bonds. The molecule has 4 aromatic rings. The first-order chi connectivity index (χ1) is 22.6. The number of esters is 1. The van der Waals surface area contributed by atoms with E-state index in [-0.39, 0.29) is 47.4 Å². The zero-order chi connectivity index (χ0) is 33.7. The second-order valence-corrected chi connectivity index (χ2v) is 10.2. The Labute approximate surface area is 268 Å². The summed E-state index contributed by atoms with van der Waals surface area (Å²) in [6.07, 6.45) is -0.0669. The number of nitrogens with two attached hydrogens (primary N) is 1. The molecular weight excluding hydrogens is 616 g/mol. The number of pyridine rings is 1. The molecule has 1 aliphatic rings. The molecule has 244 valence electrons. The van der Waals surface area contributed by atoms with Gasteiger partial charge in [0.25, 0.3) is 11.8 Å². The van der Waals surface area contributed by atoms with E-state index in [2.05, 4.69) is 9.98 Å². The Bertz CT molecular complexity index is 1870. The number of likely N-dealkylation sites (N-methyl/N-ethyl adjacent to an activating group) is 1. The minimum Gasteiger partial charge on any atom is -0.504 e. The van der Waals surface area contributed by atoms with Crippen molar-refractivity contribution in [2.24, 2.45) is 10.7 Å². The summed E-state index contributed by atoms with van der Waals surface area (Å²) in [6, 6.07) is 14.8. The van der Waals surface area contributed by atoms with E-state index in [1.165, 1.54) is 43.5 Å². The van der Waals surface area contributed by atoms with Crippen LogP contribution in [0.4, 0.5) is 8.78 Å². The average molecular weight is 648 g/mol. The van der Waals surface area contributed by atoms with Gasteiger partial charge < -0.3 is 39.4 Å². The smallest absolute Gasteiger partial charge is 0.310 e. The number of rotatable bonds is 12. The largest absolute Gasteiger partial charge is 0.504 e. The fraction of sp³-hybridized carbons (Fsp3) is 0.212. The molecule has 0 fully saturated rings. The molecule has 5 rings (SSSR count). The highest BCUT2D eigenvalue weighted by Gasteiger charge is 2.28. The van der Waals surface area contributed by atoms with Gasteiger partial charge in [-0.05, 0) is 55.0 Å². The maximum absolute atomic E-state index is 16.1. The molecule has 1 aromatic heterocycles. The quantitative estimate of drug-likeness (QED) is 0.101. The number of nitrogens with one attached hydrogen (secondary N) is 1. The number of carbonyl (C=O) groups excluding carboxylic acids is 1. The molecule has 4 N–H and O–H groups in total. The molecule has 12 nitrogen and oxygen atoms in total. The van der Waals surface area contributed by atoms with Crippen LogP contribution in [0.1, 0.15) is 23.6 Å². The fourth-order valence-electron chi connectivity index (χ4n) is 4.62. The number of halogens is 2. The van der Waals surface area contributed by atoms with Gasteiger partial charge in [-0.3, -0.25) is 15.2 Å². The molecule has 0 aliphatic carbocycles. The summed E-state index contributed by atoms with van der Waals surface area (Å²) < 4.78 is 59.5. The lowest BCUT2D eigenvalue weighted by atomic mass is 10.1. The number of benzene rings is 3. The van der Waals surface area contributed by atoms with Crippen molar-refractivity contribution in [2.45, 2.75) is 13.3 Å². The Morgan fingerprint density at radius 3 is 2.45 bits per heavy atom. The first-order valence-electron chi connectivity index (χ1n) is 14.4. The minimum absolute atomic E-state index is 0.0633. The molecule has 0 saturated heterocycles. The lowest BCUT2D eigenvalue weighted by Crippen LogP contribution is -2.23. The number of carbonyl (C=O) groups is 1. The third kappa shape index (κ3) is 7.32. The van der Waals surface area contributed by atoms with Crippen LogP contribution in [0.15, 0.2) is 65.7 Å². The van der Waals surface area contributed by atoms with Crippen LogP contribution in [-0.2, 0) is 16.0 Å². The van der Waals surface area contributed by atoms with Crippen LogP contribution in [0.2, 0.25) is 0 Å². The van der Waals surface area contributed by atoms with Gasteiger partial charge in [-0.15, -0.1) is 0 Å². The van der Waals surface area contributed by atoms with E-state index in [0.29, 0.717) is 17.7 Å². The van der Waals surface area contributed by atoms with Crippen LogP contribution in [0.25, 0.3) is 0 Å². The first-order valence-corrected chi connectivity index (χ1v) is 14.4. The van der Waals surface area contributed by atoms with E-state index in [1.807, 2.05) is 18.0 Å². The van der Waals surface area contributed by atoms with E-state index >= 15 is 8.78 Å². The molecule has 14 heteroatoms. The third-order valence-corrected chi connectivity index (χ3v) is 6.91. The summed E-state index contributed by atoms with van der Waals surface area (Å²) in [5, 5.41) is 18.1. The summed E-state index contributed by atoms with van der Waals surface area (Å²) in [4.78, 5) is 22.4. The van der Waals surface area contributed by atoms with E-state index in [0.717, 1.165) is 12.4 Å². The number of ether oxygens (including phenoxy) is 5. The number of amidine groups is 2. The number of phenolic OH excluding ortho intramolecular Hbond substituents is 1. The van der Waals surface area contributed by atoms with Gasteiger partial charge in [0.1, 0.15) is 17.4 Å². The molecule has 0 unspecified atom stereocenters. The summed E-state index contributed by atoms with van der Waals surface area (Å²) in [5.74, 6) is -5.91. The Hall–Kier alpha value is -5.92. The lowest BCUT2D eigenvalue weighted by Gasteiger charge is -2.17. The van der Waals surface area contributed by atoms with Crippen molar-refractivity contribution in [2.75, 3.05) is 33.9 Å². The number of aliphatic imine (C=N–C) groups is 1. The number of hydrogen-bond acceptors (Lipinski definition) is 11. The number of aromatic nitrogens is 1. The Morgan fingerprint density at radius 1 is 1.00 bits per heavy atom. The number of methoxy groups -OCH3 is 1. The van der Waals surface area contributed by atoms with Gasteiger partial charge in [0.2, 0.25) is 17.4 Å². The molecule has 47 heavy (non-hydrogen) atoms. The minimum atomic E-state index is -1.38. The monoisotopic (exact) mass is 647 g/mol. The van der Waals surface area contributed by atoms with Gasteiger partial charge >= 0.3 is 5.97 Å². The zero-order valence-electron chi connectivity index (χ0n) is 25.7. The van der Waals surface area contributed by atoms with Crippen LogP contribution in [0, 0.1) is 17.0 Å². The number of aromatic hydroxyl groups is 1. The molecule has 2 heterocycles. The summed E-state index contributed by atoms with van der Waals surface area (Å²) in [5.41, 5.74) is 6.94. The molecule has 0 spiro atoms. The number of phenols is 1. The van der Waals surface area contributed by atoms with Gasteiger partial charge in [-0.2, -0.15) is 13.8 Å². The van der Waals surface area contributed by atoms with Gasteiger partial charge in [-0.25, -0.2) is 0 Å². The maximum atomic E-state index is 16.1. The summed E-state index contributed by atoms with van der Waals surface area (Å²) in [6.45, 7) is 3.25. The predicted molar refractivity (Wildman–Crippen MR) is 167 cm³/mol. The van der Waals surface area contributed by atoms with Gasteiger partial charge in [0.05, 0.1) is 26.7 Å². The second-order valence-electron chi connectivity index (χ2n) is 10.2. The topological polar surface area (TPSA) is 162 Å². The molecular formula is C33H31F2N5O7. The van der Waals surface area contributed by atoms with Crippen molar-refractivity contribution in [1.29, 1.82) is 5.41 Å². The number of hydrogen-bond donors (Lipinski definition) is 3. The van der Waals surface area contributed by atoms with E-state index in [9.17, 15) is 9.90 Å². The summed E-state index contributed by atoms with van der Waals surface area (Å²) in [7, 11) is 3.21. The van der Waals surface area contributed by atoms with Crippen molar-refractivity contribution in [1.82, 2.24) is 9.88 Å². The second kappa shape index (κ2) is 14.0. The summed E-state index contributed by atoms with van der Waals surface area (Å²) >= 11 is 0. The highest BCUT2D eigenvalue weighted by Crippen LogP contribution is 2.43. The SMILES string of the molecule is CCOC(=O)Cc1ccc(Oc2c(F)c(Oc3cccc(C4=NCCN4C)c3)nc(Oc3cc(C(=N)N)ccc3O)c2F)c(OC)c1. The van der Waals surface area contributed by atoms with Crippen molar-refractivity contribution < 1.29 is 42.4 Å². The van der Waals surface area contributed by atoms with Crippen molar-refractivity contribution in [3.05, 3.63) is 89.0 Å².